The van der Waals surface area contributed by atoms with Crippen molar-refractivity contribution < 1.29 is 23.9 Å². The zero-order valence-electron chi connectivity index (χ0n) is 22.3. The van der Waals surface area contributed by atoms with E-state index in [-0.39, 0.29) is 30.4 Å². The summed E-state index contributed by atoms with van der Waals surface area (Å²) in [5, 5.41) is 10.5. The molecular formula is C26H43N5O5. The van der Waals surface area contributed by atoms with Gasteiger partial charge in [-0.2, -0.15) is 5.10 Å². The molecule has 1 aliphatic carbocycles. The molecular weight excluding hydrogens is 462 g/mol. The minimum atomic E-state index is -0.764. The second kappa shape index (κ2) is 13.9. The first-order chi connectivity index (χ1) is 17.0. The van der Waals surface area contributed by atoms with Gasteiger partial charge in [0.05, 0.1) is 24.9 Å². The smallest absolute Gasteiger partial charge is 0.404 e. The molecule has 1 aromatic rings. The molecule has 0 spiro atoms. The van der Waals surface area contributed by atoms with E-state index in [1.165, 1.54) is 10.9 Å². The first kappa shape index (κ1) is 29.2. The number of carbonyl (C=O) groups excluding carboxylic acids is 3. The van der Waals surface area contributed by atoms with Crippen molar-refractivity contribution in [2.45, 2.75) is 91.1 Å². The van der Waals surface area contributed by atoms with Crippen molar-refractivity contribution in [3.05, 3.63) is 17.8 Å². The summed E-state index contributed by atoms with van der Waals surface area (Å²) >= 11 is 0. The number of primary amides is 1. The average Bonchev–Trinajstić information content (AvgIpc) is 3.22. The molecule has 1 unspecified atom stereocenters. The summed E-state index contributed by atoms with van der Waals surface area (Å²) in [6.07, 6.45) is 10.3. The van der Waals surface area contributed by atoms with E-state index >= 15 is 0 Å². The van der Waals surface area contributed by atoms with Crippen molar-refractivity contribution in [1.82, 2.24) is 20.4 Å². The second-order valence-corrected chi connectivity index (χ2v) is 10.4. The van der Waals surface area contributed by atoms with Gasteiger partial charge in [0.15, 0.2) is 0 Å². The maximum atomic E-state index is 13.3. The standard InChI is InChI=1S/C26H43N5O5/c1-6-22(32)30-26(4,5)13-14-31-24(36-17-18(2)3)20(16-28-31)23(33)29-21-12-8-7-10-19(21)11-9-15-35-25(27)34/h13-14,16,18-19,21H,6-12,15,17H2,1-5H3,(H2,27,34)(H,29,33)(H,30,32)/b14-13+/t19?,21-/m1/s1. The van der Waals surface area contributed by atoms with Gasteiger partial charge in [-0.1, -0.05) is 33.6 Å². The van der Waals surface area contributed by atoms with Crippen molar-refractivity contribution in [3.8, 4) is 5.88 Å². The molecule has 0 radical (unpaired) electrons. The van der Waals surface area contributed by atoms with E-state index in [9.17, 15) is 14.4 Å². The summed E-state index contributed by atoms with van der Waals surface area (Å²) in [6.45, 7) is 10.4. The third-order valence-corrected chi connectivity index (χ3v) is 6.15. The van der Waals surface area contributed by atoms with Gasteiger partial charge < -0.3 is 25.8 Å². The van der Waals surface area contributed by atoms with Crippen molar-refractivity contribution in [2.24, 2.45) is 17.6 Å². The van der Waals surface area contributed by atoms with Crippen LogP contribution in [0.1, 0.15) is 89.9 Å². The van der Waals surface area contributed by atoms with Gasteiger partial charge in [0.1, 0.15) is 5.56 Å². The Balaban J connectivity index is 2.16. The van der Waals surface area contributed by atoms with Crippen LogP contribution in [0.25, 0.3) is 6.20 Å². The minimum absolute atomic E-state index is 0.0276. The molecule has 1 aromatic heterocycles. The van der Waals surface area contributed by atoms with Crippen LogP contribution in [0.15, 0.2) is 12.3 Å². The Morgan fingerprint density at radius 2 is 2.00 bits per heavy atom. The number of amides is 3. The maximum absolute atomic E-state index is 13.3. The normalized spacial score (nSPS) is 18.3. The summed E-state index contributed by atoms with van der Waals surface area (Å²) in [5.74, 6) is 0.662. The van der Waals surface area contributed by atoms with Gasteiger partial charge in [0.25, 0.3) is 5.91 Å². The third-order valence-electron chi connectivity index (χ3n) is 6.15. The lowest BCUT2D eigenvalue weighted by Gasteiger charge is -2.32. The third kappa shape index (κ3) is 9.54. The van der Waals surface area contributed by atoms with Crippen LogP contribution in [0.4, 0.5) is 4.79 Å². The van der Waals surface area contributed by atoms with E-state index in [4.69, 9.17) is 15.2 Å². The van der Waals surface area contributed by atoms with Gasteiger partial charge in [-0.25, -0.2) is 9.48 Å². The summed E-state index contributed by atoms with van der Waals surface area (Å²) in [5.41, 5.74) is 4.82. The number of carbonyl (C=O) groups is 3. The number of hydrogen-bond acceptors (Lipinski definition) is 6. The highest BCUT2D eigenvalue weighted by Crippen LogP contribution is 2.29. The quantitative estimate of drug-likeness (QED) is 0.348. The molecule has 10 nitrogen and oxygen atoms in total. The highest BCUT2D eigenvalue weighted by Gasteiger charge is 2.29. The molecule has 0 aliphatic heterocycles. The predicted molar refractivity (Wildman–Crippen MR) is 138 cm³/mol. The Labute approximate surface area is 214 Å². The summed E-state index contributed by atoms with van der Waals surface area (Å²) < 4.78 is 12.4. The molecule has 36 heavy (non-hydrogen) atoms. The topological polar surface area (TPSA) is 138 Å². The molecule has 2 rings (SSSR count). The van der Waals surface area contributed by atoms with E-state index in [0.717, 1.165) is 32.1 Å². The van der Waals surface area contributed by atoms with Gasteiger partial charge in [-0.05, 0) is 57.4 Å². The second-order valence-electron chi connectivity index (χ2n) is 10.4. The first-order valence-electron chi connectivity index (χ1n) is 13.0. The molecule has 0 aromatic carbocycles. The largest absolute Gasteiger partial charge is 0.477 e. The van der Waals surface area contributed by atoms with Gasteiger partial charge in [-0.3, -0.25) is 9.59 Å². The molecule has 4 N–H and O–H groups in total. The van der Waals surface area contributed by atoms with E-state index in [0.29, 0.717) is 36.8 Å². The number of hydrogen-bond donors (Lipinski definition) is 3. The highest BCUT2D eigenvalue weighted by atomic mass is 16.5. The van der Waals surface area contributed by atoms with Crippen molar-refractivity contribution in [3.63, 3.8) is 0 Å². The molecule has 1 aliphatic rings. The van der Waals surface area contributed by atoms with Crippen LogP contribution in [-0.4, -0.2) is 52.5 Å². The Kier molecular flexibility index (Phi) is 11.3. The number of nitrogens with two attached hydrogens (primary N) is 1. The van der Waals surface area contributed by atoms with Gasteiger partial charge in [-0.15, -0.1) is 0 Å². The van der Waals surface area contributed by atoms with E-state index < -0.39 is 11.6 Å². The molecule has 10 heteroatoms. The summed E-state index contributed by atoms with van der Waals surface area (Å²) in [6, 6.07) is 0.0276. The zero-order valence-corrected chi connectivity index (χ0v) is 22.3. The van der Waals surface area contributed by atoms with Gasteiger partial charge in [0.2, 0.25) is 11.8 Å². The average molecular weight is 506 g/mol. The summed E-state index contributed by atoms with van der Waals surface area (Å²) in [7, 11) is 0. The van der Waals surface area contributed by atoms with Crippen LogP contribution >= 0.6 is 0 Å². The highest BCUT2D eigenvalue weighted by molar-refractivity contribution is 5.96. The van der Waals surface area contributed by atoms with Crippen molar-refractivity contribution >= 4 is 24.1 Å². The number of rotatable bonds is 13. The van der Waals surface area contributed by atoms with Crippen LogP contribution in [0.2, 0.25) is 0 Å². The molecule has 1 fully saturated rings. The molecule has 202 valence electrons. The molecule has 3 amide bonds. The number of aromatic nitrogens is 2. The predicted octanol–water partition coefficient (Wildman–Crippen LogP) is 3.86. The van der Waals surface area contributed by atoms with E-state index in [2.05, 4.69) is 15.7 Å². The number of nitrogens with zero attached hydrogens (tertiary/aromatic N) is 2. The number of nitrogens with one attached hydrogen (secondary N) is 2. The van der Waals surface area contributed by atoms with Crippen LogP contribution in [0, 0.1) is 11.8 Å². The molecule has 1 saturated carbocycles. The van der Waals surface area contributed by atoms with Crippen molar-refractivity contribution in [1.29, 1.82) is 0 Å². The fourth-order valence-electron chi connectivity index (χ4n) is 4.26. The molecule has 1 heterocycles. The Bertz CT molecular complexity index is 909. The molecule has 0 bridgehead atoms. The Hall–Kier alpha value is -3.04. The van der Waals surface area contributed by atoms with Crippen LogP contribution in [0.3, 0.4) is 0 Å². The lowest BCUT2D eigenvalue weighted by molar-refractivity contribution is -0.121. The fraction of sp³-hybridized carbons (Fsp3) is 0.692. The number of ether oxygens (including phenoxy) is 2. The van der Waals surface area contributed by atoms with Crippen molar-refractivity contribution in [2.75, 3.05) is 13.2 Å². The molecule has 2 atom stereocenters. The Morgan fingerprint density at radius 3 is 2.67 bits per heavy atom. The SMILES string of the molecule is CCC(=O)NC(C)(C)/C=C/n1ncc(C(=O)N[C@@H]2CCCCC2CCCOC(N)=O)c1OCC(C)C. The van der Waals surface area contributed by atoms with E-state index in [1.807, 2.05) is 33.8 Å². The van der Waals surface area contributed by atoms with Gasteiger partial charge >= 0.3 is 6.09 Å². The minimum Gasteiger partial charge on any atom is -0.477 e. The maximum Gasteiger partial charge on any atom is 0.404 e. The van der Waals surface area contributed by atoms with Crippen LogP contribution in [-0.2, 0) is 9.53 Å². The molecule has 0 saturated heterocycles. The van der Waals surface area contributed by atoms with Gasteiger partial charge in [0, 0.05) is 18.7 Å². The van der Waals surface area contributed by atoms with Crippen LogP contribution < -0.4 is 21.1 Å². The fourth-order valence-corrected chi connectivity index (χ4v) is 4.26. The van der Waals surface area contributed by atoms with E-state index in [1.54, 1.807) is 13.1 Å². The lowest BCUT2D eigenvalue weighted by Crippen LogP contribution is -2.42. The van der Waals surface area contributed by atoms with Crippen LogP contribution in [0.5, 0.6) is 5.88 Å². The lowest BCUT2D eigenvalue weighted by atomic mass is 9.81. The zero-order chi connectivity index (χ0) is 26.7. The Morgan fingerprint density at radius 1 is 1.28 bits per heavy atom. The first-order valence-corrected chi connectivity index (χ1v) is 13.0. The summed E-state index contributed by atoms with van der Waals surface area (Å²) in [4.78, 5) is 36.0. The monoisotopic (exact) mass is 505 g/mol.